The van der Waals surface area contributed by atoms with Crippen LogP contribution in [0, 0.1) is 23.5 Å². The molecule has 0 aliphatic rings. The van der Waals surface area contributed by atoms with Crippen molar-refractivity contribution in [3.05, 3.63) is 54.1 Å². The van der Waals surface area contributed by atoms with Gasteiger partial charge in [-0.2, -0.15) is 0 Å². The number of hydrogen-bond acceptors (Lipinski definition) is 1. The normalized spacial score (nSPS) is 9.64. The van der Waals surface area contributed by atoms with Crippen LogP contribution in [0.1, 0.15) is 38.2 Å². The summed E-state index contributed by atoms with van der Waals surface area (Å²) in [4.78, 5) is 1.16. The third-order valence-electron chi connectivity index (χ3n) is 3.40. The molecule has 0 saturated carbocycles. The van der Waals surface area contributed by atoms with E-state index in [1.807, 2.05) is 30.3 Å². The Morgan fingerprint density at radius 3 is 2.45 bits per heavy atom. The van der Waals surface area contributed by atoms with Gasteiger partial charge in [0, 0.05) is 16.9 Å². The van der Waals surface area contributed by atoms with E-state index in [0.29, 0.717) is 0 Å². The summed E-state index contributed by atoms with van der Waals surface area (Å²) >= 11 is 1.59. The first kappa shape index (κ1) is 16.3. The number of benzene rings is 2. The molecule has 0 nitrogen and oxygen atoms in total. The summed E-state index contributed by atoms with van der Waals surface area (Å²) in [5.74, 6) is 6.02. The fourth-order valence-electron chi connectivity index (χ4n) is 2.23. The van der Waals surface area contributed by atoms with Crippen LogP contribution >= 0.6 is 11.8 Å². The number of thioether (sulfide) groups is 1. The molecular formula is C21H20S. The van der Waals surface area contributed by atoms with Gasteiger partial charge in [0.15, 0.2) is 0 Å². The minimum absolute atomic E-state index is 0.923. The van der Waals surface area contributed by atoms with Gasteiger partial charge in [0.05, 0.1) is 0 Å². The van der Waals surface area contributed by atoms with Crippen molar-refractivity contribution in [2.45, 2.75) is 37.5 Å². The second kappa shape index (κ2) is 9.04. The first-order valence-electron chi connectivity index (χ1n) is 7.66. The van der Waals surface area contributed by atoms with Crippen LogP contribution in [-0.4, -0.2) is 0 Å². The zero-order valence-electron chi connectivity index (χ0n) is 12.9. The van der Waals surface area contributed by atoms with Crippen LogP contribution in [-0.2, 0) is 0 Å². The van der Waals surface area contributed by atoms with Crippen molar-refractivity contribution in [3.8, 4) is 34.6 Å². The van der Waals surface area contributed by atoms with Crippen LogP contribution in [0.2, 0.25) is 0 Å². The monoisotopic (exact) mass is 304 g/mol. The maximum Gasteiger partial charge on any atom is 0.0321 e. The molecule has 0 amide bonds. The van der Waals surface area contributed by atoms with E-state index in [-0.39, 0.29) is 0 Å². The van der Waals surface area contributed by atoms with Crippen molar-refractivity contribution < 1.29 is 0 Å². The predicted molar refractivity (Wildman–Crippen MR) is 97.6 cm³/mol. The SMILES string of the molecule is C#Cc1ccccc1-c1ccccc1SC#CCCCCC. The molecule has 2 aromatic carbocycles. The van der Waals surface area contributed by atoms with Crippen LogP contribution in [0.5, 0.6) is 0 Å². The van der Waals surface area contributed by atoms with Gasteiger partial charge in [-0.15, -0.1) is 6.42 Å². The Labute approximate surface area is 138 Å². The van der Waals surface area contributed by atoms with Gasteiger partial charge in [0.1, 0.15) is 0 Å². The molecule has 0 unspecified atom stereocenters. The van der Waals surface area contributed by atoms with Gasteiger partial charge in [-0.05, 0) is 46.7 Å². The third kappa shape index (κ3) is 4.45. The molecule has 1 heteroatoms. The molecular weight excluding hydrogens is 284 g/mol. The third-order valence-corrected chi connectivity index (χ3v) is 4.22. The Morgan fingerprint density at radius 2 is 1.68 bits per heavy atom. The predicted octanol–water partition coefficient (Wildman–Crippen LogP) is 5.97. The van der Waals surface area contributed by atoms with E-state index in [4.69, 9.17) is 6.42 Å². The summed E-state index contributed by atoms with van der Waals surface area (Å²) < 4.78 is 0. The molecule has 0 heterocycles. The molecule has 0 atom stereocenters. The molecule has 0 radical (unpaired) electrons. The average Bonchev–Trinajstić information content (AvgIpc) is 2.58. The van der Waals surface area contributed by atoms with E-state index >= 15 is 0 Å². The lowest BCUT2D eigenvalue weighted by Gasteiger charge is -2.08. The second-order valence-corrected chi connectivity index (χ2v) is 5.87. The maximum atomic E-state index is 5.62. The molecule has 2 aromatic rings. The zero-order chi connectivity index (χ0) is 15.6. The summed E-state index contributed by atoms with van der Waals surface area (Å²) in [6, 6.07) is 16.3. The zero-order valence-corrected chi connectivity index (χ0v) is 13.7. The molecule has 110 valence electrons. The number of hydrogen-bond donors (Lipinski definition) is 0. The lowest BCUT2D eigenvalue weighted by Crippen LogP contribution is -1.86. The topological polar surface area (TPSA) is 0 Å². The summed E-state index contributed by atoms with van der Waals surface area (Å²) in [5.41, 5.74) is 3.18. The largest absolute Gasteiger partial charge is 0.115 e. The summed E-state index contributed by atoms with van der Waals surface area (Å²) in [5, 5.41) is 3.22. The van der Waals surface area contributed by atoms with Crippen molar-refractivity contribution in [1.82, 2.24) is 0 Å². The average molecular weight is 304 g/mol. The van der Waals surface area contributed by atoms with Crippen molar-refractivity contribution >= 4 is 11.8 Å². The molecule has 0 fully saturated rings. The van der Waals surface area contributed by atoms with Gasteiger partial charge < -0.3 is 0 Å². The number of rotatable bonds is 5. The molecule has 0 N–H and O–H groups in total. The number of unbranched alkanes of at least 4 members (excludes halogenated alkanes) is 3. The van der Waals surface area contributed by atoms with E-state index in [1.165, 1.54) is 19.3 Å². The van der Waals surface area contributed by atoms with E-state index in [2.05, 4.69) is 42.2 Å². The van der Waals surface area contributed by atoms with Gasteiger partial charge in [0.25, 0.3) is 0 Å². The van der Waals surface area contributed by atoms with Crippen molar-refractivity contribution in [3.63, 3.8) is 0 Å². The van der Waals surface area contributed by atoms with E-state index in [1.54, 1.807) is 11.8 Å². The maximum absolute atomic E-state index is 5.62. The number of terminal acetylenes is 1. The Balaban J connectivity index is 2.19. The standard InChI is InChI=1S/C21H20S/c1-3-5-6-7-12-17-22-21-16-11-10-15-20(21)19-14-9-8-13-18(19)4-2/h2,8-11,13-16H,3,5-7H2,1H3. The van der Waals surface area contributed by atoms with Crippen LogP contribution < -0.4 is 0 Å². The Hall–Kier alpha value is -2.09. The van der Waals surface area contributed by atoms with Crippen molar-refractivity contribution in [2.75, 3.05) is 0 Å². The molecule has 0 saturated heterocycles. The minimum atomic E-state index is 0.923. The highest BCUT2D eigenvalue weighted by molar-refractivity contribution is 8.04. The molecule has 22 heavy (non-hydrogen) atoms. The van der Waals surface area contributed by atoms with Crippen molar-refractivity contribution in [2.24, 2.45) is 0 Å². The first-order chi connectivity index (χ1) is 10.9. The van der Waals surface area contributed by atoms with Crippen LogP contribution in [0.25, 0.3) is 11.1 Å². The smallest absolute Gasteiger partial charge is 0.0321 e. The van der Waals surface area contributed by atoms with Crippen LogP contribution in [0.15, 0.2) is 53.4 Å². The Morgan fingerprint density at radius 1 is 0.955 bits per heavy atom. The lowest BCUT2D eigenvalue weighted by atomic mass is 10.0. The van der Waals surface area contributed by atoms with E-state index < -0.39 is 0 Å². The molecule has 0 aliphatic heterocycles. The fraction of sp³-hybridized carbons (Fsp3) is 0.238. The van der Waals surface area contributed by atoms with Gasteiger partial charge >= 0.3 is 0 Å². The molecule has 0 bridgehead atoms. The Bertz CT molecular complexity index is 710. The highest BCUT2D eigenvalue weighted by atomic mass is 32.2. The molecule has 2 rings (SSSR count). The first-order valence-corrected chi connectivity index (χ1v) is 8.48. The second-order valence-electron chi connectivity index (χ2n) is 5.02. The van der Waals surface area contributed by atoms with Crippen LogP contribution in [0.3, 0.4) is 0 Å². The van der Waals surface area contributed by atoms with E-state index in [0.717, 1.165) is 28.0 Å². The van der Waals surface area contributed by atoms with Gasteiger partial charge in [-0.25, -0.2) is 0 Å². The van der Waals surface area contributed by atoms with Crippen LogP contribution in [0.4, 0.5) is 0 Å². The molecule has 0 aliphatic carbocycles. The quantitative estimate of drug-likeness (QED) is 0.372. The van der Waals surface area contributed by atoms with Gasteiger partial charge in [-0.1, -0.05) is 68.0 Å². The van der Waals surface area contributed by atoms with Gasteiger partial charge in [-0.3, -0.25) is 0 Å². The molecule has 0 spiro atoms. The summed E-state index contributed by atoms with van der Waals surface area (Å²) in [6.07, 6.45) is 10.3. The summed E-state index contributed by atoms with van der Waals surface area (Å²) in [7, 11) is 0. The minimum Gasteiger partial charge on any atom is -0.115 e. The molecule has 0 aromatic heterocycles. The highest BCUT2D eigenvalue weighted by Gasteiger charge is 2.07. The van der Waals surface area contributed by atoms with E-state index in [9.17, 15) is 0 Å². The lowest BCUT2D eigenvalue weighted by molar-refractivity contribution is 0.737. The summed E-state index contributed by atoms with van der Waals surface area (Å²) in [6.45, 7) is 2.21. The Kier molecular flexibility index (Phi) is 6.69. The fourth-order valence-corrected chi connectivity index (χ4v) is 2.95. The van der Waals surface area contributed by atoms with Crippen molar-refractivity contribution in [1.29, 1.82) is 0 Å². The highest BCUT2D eigenvalue weighted by Crippen LogP contribution is 2.32. The van der Waals surface area contributed by atoms with Gasteiger partial charge in [0.2, 0.25) is 0 Å².